The predicted octanol–water partition coefficient (Wildman–Crippen LogP) is 1.14. The lowest BCUT2D eigenvalue weighted by Crippen LogP contribution is -2.43. The molecular formula is C15H21N3O2. The summed E-state index contributed by atoms with van der Waals surface area (Å²) in [5.74, 6) is -0.162. The molecule has 0 aromatic carbocycles. The third-order valence-electron chi connectivity index (χ3n) is 3.71. The van der Waals surface area contributed by atoms with Crippen molar-refractivity contribution in [3.8, 4) is 0 Å². The molecule has 5 nitrogen and oxygen atoms in total. The molecule has 1 aromatic heterocycles. The zero-order valence-corrected chi connectivity index (χ0v) is 12.0. The van der Waals surface area contributed by atoms with Gasteiger partial charge in [0.2, 0.25) is 11.8 Å². The normalized spacial score (nSPS) is 20.5. The summed E-state index contributed by atoms with van der Waals surface area (Å²) in [4.78, 5) is 29.7. The Balaban J connectivity index is 1.85. The molecule has 0 bridgehead atoms. The zero-order chi connectivity index (χ0) is 14.5. The van der Waals surface area contributed by atoms with Crippen LogP contribution in [-0.2, 0) is 16.0 Å². The van der Waals surface area contributed by atoms with Crippen molar-refractivity contribution in [1.82, 2.24) is 15.2 Å². The molecule has 2 unspecified atom stereocenters. The van der Waals surface area contributed by atoms with Crippen LogP contribution in [0.25, 0.3) is 0 Å². The SMILES string of the molecule is CCC(C)N1C(=O)CC(NCCc2ccccn2)C1=O. The van der Waals surface area contributed by atoms with Gasteiger partial charge < -0.3 is 5.32 Å². The van der Waals surface area contributed by atoms with E-state index in [0.717, 1.165) is 18.5 Å². The Morgan fingerprint density at radius 2 is 2.25 bits per heavy atom. The molecule has 0 spiro atoms. The van der Waals surface area contributed by atoms with E-state index in [2.05, 4.69) is 10.3 Å². The first-order chi connectivity index (χ1) is 9.63. The number of hydrogen-bond acceptors (Lipinski definition) is 4. The molecular weight excluding hydrogens is 254 g/mol. The fourth-order valence-electron chi connectivity index (χ4n) is 2.38. The van der Waals surface area contributed by atoms with Crippen molar-refractivity contribution in [3.05, 3.63) is 30.1 Å². The minimum atomic E-state index is -0.375. The first-order valence-corrected chi connectivity index (χ1v) is 7.12. The van der Waals surface area contributed by atoms with Gasteiger partial charge >= 0.3 is 0 Å². The van der Waals surface area contributed by atoms with Crippen LogP contribution in [0.1, 0.15) is 32.4 Å². The van der Waals surface area contributed by atoms with E-state index in [1.165, 1.54) is 4.90 Å². The van der Waals surface area contributed by atoms with E-state index in [-0.39, 0.29) is 30.3 Å². The summed E-state index contributed by atoms with van der Waals surface area (Å²) in [6.07, 6.45) is 3.57. The van der Waals surface area contributed by atoms with Crippen LogP contribution in [0.2, 0.25) is 0 Å². The number of hydrogen-bond donors (Lipinski definition) is 1. The number of carbonyl (C=O) groups excluding carboxylic acids is 2. The largest absolute Gasteiger partial charge is 0.305 e. The van der Waals surface area contributed by atoms with E-state index < -0.39 is 0 Å². The number of likely N-dealkylation sites (tertiary alicyclic amines) is 1. The molecule has 5 heteroatoms. The first kappa shape index (κ1) is 14.7. The topological polar surface area (TPSA) is 62.3 Å². The lowest BCUT2D eigenvalue weighted by atomic mass is 10.2. The Bertz CT molecular complexity index is 475. The molecule has 20 heavy (non-hydrogen) atoms. The molecule has 0 saturated carbocycles. The second-order valence-electron chi connectivity index (χ2n) is 5.14. The molecule has 0 aliphatic carbocycles. The smallest absolute Gasteiger partial charge is 0.247 e. The van der Waals surface area contributed by atoms with Crippen LogP contribution in [0.4, 0.5) is 0 Å². The first-order valence-electron chi connectivity index (χ1n) is 7.12. The van der Waals surface area contributed by atoms with Crippen molar-refractivity contribution in [2.75, 3.05) is 6.54 Å². The molecule has 1 saturated heterocycles. The highest BCUT2D eigenvalue weighted by atomic mass is 16.2. The van der Waals surface area contributed by atoms with E-state index in [1.54, 1.807) is 6.20 Å². The number of pyridine rings is 1. The van der Waals surface area contributed by atoms with Gasteiger partial charge in [-0.05, 0) is 25.5 Å². The van der Waals surface area contributed by atoms with Crippen molar-refractivity contribution in [2.45, 2.75) is 45.2 Å². The molecule has 2 atom stereocenters. The molecule has 1 aliphatic rings. The van der Waals surface area contributed by atoms with Crippen LogP contribution in [0, 0.1) is 0 Å². The summed E-state index contributed by atoms with van der Waals surface area (Å²) in [6.45, 7) is 4.54. The predicted molar refractivity (Wildman–Crippen MR) is 76.0 cm³/mol. The van der Waals surface area contributed by atoms with Crippen LogP contribution in [0.5, 0.6) is 0 Å². The monoisotopic (exact) mass is 275 g/mol. The van der Waals surface area contributed by atoms with Crippen molar-refractivity contribution in [2.24, 2.45) is 0 Å². The number of imide groups is 1. The van der Waals surface area contributed by atoms with Gasteiger partial charge in [-0.3, -0.25) is 19.5 Å². The van der Waals surface area contributed by atoms with Crippen molar-refractivity contribution >= 4 is 11.8 Å². The molecule has 2 amide bonds. The quantitative estimate of drug-likeness (QED) is 0.791. The van der Waals surface area contributed by atoms with E-state index in [4.69, 9.17) is 0 Å². The summed E-state index contributed by atoms with van der Waals surface area (Å²) in [7, 11) is 0. The van der Waals surface area contributed by atoms with Crippen LogP contribution < -0.4 is 5.32 Å². The van der Waals surface area contributed by atoms with Gasteiger partial charge in [0.05, 0.1) is 12.5 Å². The van der Waals surface area contributed by atoms with Gasteiger partial charge in [-0.1, -0.05) is 13.0 Å². The highest BCUT2D eigenvalue weighted by Gasteiger charge is 2.40. The van der Waals surface area contributed by atoms with Crippen LogP contribution in [0.3, 0.4) is 0 Å². The third-order valence-corrected chi connectivity index (χ3v) is 3.71. The Morgan fingerprint density at radius 1 is 1.45 bits per heavy atom. The molecule has 0 radical (unpaired) electrons. The number of rotatable bonds is 6. The summed E-state index contributed by atoms with van der Waals surface area (Å²) in [6, 6.07) is 5.38. The minimum Gasteiger partial charge on any atom is -0.305 e. The van der Waals surface area contributed by atoms with Gasteiger partial charge in [0, 0.05) is 30.9 Å². The molecule has 2 heterocycles. The summed E-state index contributed by atoms with van der Waals surface area (Å²) in [5, 5.41) is 3.17. The number of aromatic nitrogens is 1. The molecule has 108 valence electrons. The summed E-state index contributed by atoms with van der Waals surface area (Å²) in [5.41, 5.74) is 0.982. The molecule has 1 aliphatic heterocycles. The maximum Gasteiger partial charge on any atom is 0.247 e. The highest BCUT2D eigenvalue weighted by Crippen LogP contribution is 2.17. The second kappa shape index (κ2) is 6.61. The van der Waals surface area contributed by atoms with E-state index in [9.17, 15) is 9.59 Å². The third kappa shape index (κ3) is 3.22. The van der Waals surface area contributed by atoms with E-state index in [1.807, 2.05) is 32.0 Å². The van der Waals surface area contributed by atoms with E-state index in [0.29, 0.717) is 6.54 Å². The highest BCUT2D eigenvalue weighted by molar-refractivity contribution is 6.05. The average Bonchev–Trinajstić information content (AvgIpc) is 2.74. The van der Waals surface area contributed by atoms with Gasteiger partial charge in [-0.15, -0.1) is 0 Å². The molecule has 1 N–H and O–H groups in total. The second-order valence-corrected chi connectivity index (χ2v) is 5.14. The van der Waals surface area contributed by atoms with Gasteiger partial charge in [-0.25, -0.2) is 0 Å². The van der Waals surface area contributed by atoms with Crippen molar-refractivity contribution in [3.63, 3.8) is 0 Å². The van der Waals surface area contributed by atoms with Gasteiger partial charge in [-0.2, -0.15) is 0 Å². The molecule has 1 aromatic rings. The Labute approximate surface area is 119 Å². The van der Waals surface area contributed by atoms with Crippen molar-refractivity contribution < 1.29 is 9.59 Å². The lowest BCUT2D eigenvalue weighted by Gasteiger charge is -2.21. The fraction of sp³-hybridized carbons (Fsp3) is 0.533. The standard InChI is InChI=1S/C15H21N3O2/c1-3-11(2)18-14(19)10-13(15(18)20)17-9-7-12-6-4-5-8-16-12/h4-6,8,11,13,17H,3,7,9-10H2,1-2H3. The number of amides is 2. The fourth-order valence-corrected chi connectivity index (χ4v) is 2.38. The van der Waals surface area contributed by atoms with Gasteiger partial charge in [0.1, 0.15) is 0 Å². The summed E-state index contributed by atoms with van der Waals surface area (Å²) >= 11 is 0. The van der Waals surface area contributed by atoms with Gasteiger partial charge in [0.25, 0.3) is 0 Å². The number of nitrogens with zero attached hydrogens (tertiary/aromatic N) is 2. The Hall–Kier alpha value is -1.75. The van der Waals surface area contributed by atoms with Crippen molar-refractivity contribution in [1.29, 1.82) is 0 Å². The minimum absolute atomic E-state index is 0.0161. The maximum atomic E-state index is 12.2. The molecule has 2 rings (SSSR count). The molecule has 1 fully saturated rings. The Morgan fingerprint density at radius 3 is 2.90 bits per heavy atom. The number of nitrogens with one attached hydrogen (secondary N) is 1. The van der Waals surface area contributed by atoms with Gasteiger partial charge in [0.15, 0.2) is 0 Å². The Kier molecular flexibility index (Phi) is 4.84. The number of carbonyl (C=O) groups is 2. The lowest BCUT2D eigenvalue weighted by molar-refractivity contribution is -0.141. The zero-order valence-electron chi connectivity index (χ0n) is 12.0. The maximum absolute atomic E-state index is 12.2. The van der Waals surface area contributed by atoms with Crippen LogP contribution in [-0.4, -0.2) is 40.3 Å². The average molecular weight is 275 g/mol. The summed E-state index contributed by atoms with van der Waals surface area (Å²) < 4.78 is 0. The van der Waals surface area contributed by atoms with Crippen LogP contribution >= 0.6 is 0 Å². The van der Waals surface area contributed by atoms with E-state index >= 15 is 0 Å². The van der Waals surface area contributed by atoms with Crippen LogP contribution in [0.15, 0.2) is 24.4 Å².